The lowest BCUT2D eigenvalue weighted by Crippen LogP contribution is -2.13. The first-order chi connectivity index (χ1) is 14.0. The zero-order valence-corrected chi connectivity index (χ0v) is 17.9. The zero-order valence-electron chi connectivity index (χ0n) is 15.8. The third-order valence-electron chi connectivity index (χ3n) is 3.64. The third-order valence-corrected chi connectivity index (χ3v) is 4.49. The van der Waals surface area contributed by atoms with Crippen molar-refractivity contribution < 1.29 is 19.1 Å². The lowest BCUT2D eigenvalue weighted by molar-refractivity contribution is -0.112. The van der Waals surface area contributed by atoms with Crippen LogP contribution in [0.3, 0.4) is 0 Å². The number of hydrogen-bond acceptors (Lipinski definition) is 5. The van der Waals surface area contributed by atoms with E-state index in [0.717, 1.165) is 3.57 Å². The quantitative estimate of drug-likeness (QED) is 0.188. The smallest absolute Gasteiger partial charge is 0.338 e. The van der Waals surface area contributed by atoms with Crippen LogP contribution in [0.5, 0.6) is 5.75 Å². The number of nitriles is 1. The standard InChI is InChI=1S/C22H19IN2O4/c1-3-11-29-20-10-5-15(13-19(20)23)12-17(14-24)21(26)25-18-8-6-16(7-9-18)22(27)28-4-2/h3,5-10,12-13H,1,4,11H2,2H3,(H,25,26)/b17-12+. The highest BCUT2D eigenvalue weighted by atomic mass is 127. The Hall–Kier alpha value is -3.12. The third kappa shape index (κ3) is 6.47. The summed E-state index contributed by atoms with van der Waals surface area (Å²) in [6, 6.07) is 13.5. The number of nitrogens with zero attached hydrogens (tertiary/aromatic N) is 1. The molecule has 148 valence electrons. The molecule has 0 heterocycles. The topological polar surface area (TPSA) is 88.4 Å². The van der Waals surface area contributed by atoms with E-state index in [1.165, 1.54) is 6.08 Å². The second-order valence-corrected chi connectivity index (χ2v) is 6.87. The summed E-state index contributed by atoms with van der Waals surface area (Å²) in [6.45, 7) is 6.02. The summed E-state index contributed by atoms with van der Waals surface area (Å²) in [5, 5.41) is 12.0. The predicted molar refractivity (Wildman–Crippen MR) is 119 cm³/mol. The van der Waals surface area contributed by atoms with Crippen LogP contribution < -0.4 is 10.1 Å². The molecule has 0 aliphatic rings. The van der Waals surface area contributed by atoms with Crippen LogP contribution in [0.15, 0.2) is 60.7 Å². The van der Waals surface area contributed by atoms with Crippen molar-refractivity contribution >= 4 is 46.2 Å². The van der Waals surface area contributed by atoms with E-state index >= 15 is 0 Å². The summed E-state index contributed by atoms with van der Waals surface area (Å²) in [6.07, 6.45) is 3.16. The second kappa shape index (κ2) is 11.0. The lowest BCUT2D eigenvalue weighted by atomic mass is 10.1. The van der Waals surface area contributed by atoms with Crippen molar-refractivity contribution in [2.75, 3.05) is 18.5 Å². The molecule has 0 saturated heterocycles. The zero-order chi connectivity index (χ0) is 21.2. The number of rotatable bonds is 8. The van der Waals surface area contributed by atoms with Gasteiger partial charge in [-0.15, -0.1) is 0 Å². The van der Waals surface area contributed by atoms with Gasteiger partial charge < -0.3 is 14.8 Å². The van der Waals surface area contributed by atoms with Crippen LogP contribution in [0.1, 0.15) is 22.8 Å². The Morgan fingerprint density at radius 2 is 1.97 bits per heavy atom. The van der Waals surface area contributed by atoms with Crippen molar-refractivity contribution in [3.05, 3.63) is 75.4 Å². The molecule has 29 heavy (non-hydrogen) atoms. The molecule has 0 aliphatic heterocycles. The molecule has 0 bridgehead atoms. The van der Waals surface area contributed by atoms with Crippen molar-refractivity contribution in [1.29, 1.82) is 5.26 Å². The summed E-state index contributed by atoms with van der Waals surface area (Å²) in [7, 11) is 0. The van der Waals surface area contributed by atoms with Gasteiger partial charge in [-0.05, 0) is 77.6 Å². The molecular formula is C22H19IN2O4. The highest BCUT2D eigenvalue weighted by Gasteiger charge is 2.12. The maximum Gasteiger partial charge on any atom is 0.338 e. The average molecular weight is 502 g/mol. The molecule has 6 nitrogen and oxygen atoms in total. The molecule has 0 unspecified atom stereocenters. The van der Waals surface area contributed by atoms with E-state index in [1.807, 2.05) is 12.1 Å². The number of ether oxygens (including phenoxy) is 2. The molecular weight excluding hydrogens is 483 g/mol. The molecule has 0 saturated carbocycles. The molecule has 2 rings (SSSR count). The van der Waals surface area contributed by atoms with Gasteiger partial charge in [0.15, 0.2) is 0 Å². The second-order valence-electron chi connectivity index (χ2n) is 5.71. The first kappa shape index (κ1) is 22.2. The van der Waals surface area contributed by atoms with E-state index in [1.54, 1.807) is 49.4 Å². The maximum atomic E-state index is 12.4. The summed E-state index contributed by atoms with van der Waals surface area (Å²) in [4.78, 5) is 24.1. The number of esters is 1. The SMILES string of the molecule is C=CCOc1ccc(/C=C(\C#N)C(=O)Nc2ccc(C(=O)OCC)cc2)cc1I. The van der Waals surface area contributed by atoms with Crippen LogP contribution in [-0.2, 0) is 9.53 Å². The number of nitrogens with one attached hydrogen (secondary N) is 1. The van der Waals surface area contributed by atoms with E-state index < -0.39 is 11.9 Å². The average Bonchev–Trinajstić information content (AvgIpc) is 2.72. The highest BCUT2D eigenvalue weighted by molar-refractivity contribution is 14.1. The number of amides is 1. The van der Waals surface area contributed by atoms with Gasteiger partial charge in [0.05, 0.1) is 15.7 Å². The predicted octanol–water partition coefficient (Wildman–Crippen LogP) is 4.58. The Bertz CT molecular complexity index is 975. The van der Waals surface area contributed by atoms with Crippen molar-refractivity contribution in [3.63, 3.8) is 0 Å². The van der Waals surface area contributed by atoms with E-state index in [0.29, 0.717) is 29.2 Å². The van der Waals surface area contributed by atoms with Gasteiger partial charge in [0.1, 0.15) is 24.0 Å². The van der Waals surface area contributed by atoms with E-state index in [9.17, 15) is 14.9 Å². The molecule has 0 radical (unpaired) electrons. The van der Waals surface area contributed by atoms with Crippen LogP contribution in [0.4, 0.5) is 5.69 Å². The first-order valence-corrected chi connectivity index (χ1v) is 9.80. The fraction of sp³-hybridized carbons (Fsp3) is 0.136. The van der Waals surface area contributed by atoms with Crippen molar-refractivity contribution in [1.82, 2.24) is 0 Å². The minimum absolute atomic E-state index is 0.0463. The molecule has 0 fully saturated rings. The number of hydrogen-bond donors (Lipinski definition) is 1. The Morgan fingerprint density at radius 3 is 2.55 bits per heavy atom. The summed E-state index contributed by atoms with van der Waals surface area (Å²) in [5.41, 5.74) is 1.50. The molecule has 1 N–H and O–H groups in total. The fourth-order valence-electron chi connectivity index (χ4n) is 2.29. The van der Waals surface area contributed by atoms with Crippen molar-refractivity contribution in [2.45, 2.75) is 6.92 Å². The number of halogens is 1. The molecule has 2 aromatic rings. The molecule has 0 aliphatic carbocycles. The Labute approximate surface area is 183 Å². The van der Waals surface area contributed by atoms with Gasteiger partial charge in [-0.1, -0.05) is 18.7 Å². The summed E-state index contributed by atoms with van der Waals surface area (Å²) < 4.78 is 11.3. The van der Waals surface area contributed by atoms with E-state index in [2.05, 4.69) is 34.5 Å². The number of carbonyl (C=O) groups excluding carboxylic acids is 2. The normalized spacial score (nSPS) is 10.6. The van der Waals surface area contributed by atoms with Crippen molar-refractivity contribution in [2.24, 2.45) is 0 Å². The lowest BCUT2D eigenvalue weighted by Gasteiger charge is -2.08. The van der Waals surface area contributed by atoms with Crippen LogP contribution in [-0.4, -0.2) is 25.1 Å². The molecule has 0 aromatic heterocycles. The van der Waals surface area contributed by atoms with E-state index in [-0.39, 0.29) is 12.2 Å². The van der Waals surface area contributed by atoms with Gasteiger partial charge in [-0.25, -0.2) is 4.79 Å². The first-order valence-electron chi connectivity index (χ1n) is 8.72. The summed E-state index contributed by atoms with van der Waals surface area (Å²) >= 11 is 2.12. The minimum Gasteiger partial charge on any atom is -0.488 e. The van der Waals surface area contributed by atoms with Gasteiger partial charge in [0.25, 0.3) is 5.91 Å². The molecule has 7 heteroatoms. The number of benzene rings is 2. The van der Waals surface area contributed by atoms with Crippen LogP contribution >= 0.6 is 22.6 Å². The Balaban J connectivity index is 2.12. The van der Waals surface area contributed by atoms with Gasteiger partial charge in [-0.3, -0.25) is 4.79 Å². The maximum absolute atomic E-state index is 12.4. The van der Waals surface area contributed by atoms with Crippen LogP contribution in [0.2, 0.25) is 0 Å². The Morgan fingerprint density at radius 1 is 1.24 bits per heavy atom. The molecule has 0 spiro atoms. The minimum atomic E-state index is -0.543. The molecule has 2 aromatic carbocycles. The fourth-order valence-corrected chi connectivity index (χ4v) is 2.99. The van der Waals surface area contributed by atoms with Crippen LogP contribution in [0.25, 0.3) is 6.08 Å². The van der Waals surface area contributed by atoms with E-state index in [4.69, 9.17) is 9.47 Å². The number of carbonyl (C=O) groups is 2. The van der Waals surface area contributed by atoms with Gasteiger partial charge in [0.2, 0.25) is 0 Å². The highest BCUT2D eigenvalue weighted by Crippen LogP contribution is 2.23. The van der Waals surface area contributed by atoms with Crippen LogP contribution in [0, 0.1) is 14.9 Å². The molecule has 0 atom stereocenters. The van der Waals surface area contributed by atoms with Gasteiger partial charge >= 0.3 is 5.97 Å². The monoisotopic (exact) mass is 502 g/mol. The van der Waals surface area contributed by atoms with Gasteiger partial charge in [-0.2, -0.15) is 5.26 Å². The molecule has 1 amide bonds. The number of anilines is 1. The van der Waals surface area contributed by atoms with Crippen molar-refractivity contribution in [3.8, 4) is 11.8 Å². The largest absolute Gasteiger partial charge is 0.488 e. The Kier molecular flexibility index (Phi) is 8.43. The van der Waals surface area contributed by atoms with Gasteiger partial charge in [0, 0.05) is 5.69 Å². The summed E-state index contributed by atoms with van der Waals surface area (Å²) in [5.74, 6) is -0.274.